The van der Waals surface area contributed by atoms with E-state index in [1.807, 2.05) is 76.2 Å². The van der Waals surface area contributed by atoms with Gasteiger partial charge in [-0.2, -0.15) is 0 Å². The first-order valence-electron chi connectivity index (χ1n) is 8.86. The molecule has 7 heteroatoms. The molecule has 0 aliphatic rings. The lowest BCUT2D eigenvalue weighted by molar-refractivity contribution is 0.138. The second kappa shape index (κ2) is 9.74. The Morgan fingerprint density at radius 3 is 1.85 bits per heavy atom. The van der Waals surface area contributed by atoms with Crippen LogP contribution in [0.2, 0.25) is 0 Å². The molecule has 1 atom stereocenters. The molecule has 0 aromatic heterocycles. The molecule has 1 N–H and O–H groups in total. The third kappa shape index (κ3) is 6.35. The highest BCUT2D eigenvalue weighted by Crippen LogP contribution is 2.62. The Labute approximate surface area is 170 Å². The molecule has 0 bridgehead atoms. The van der Waals surface area contributed by atoms with Crippen molar-refractivity contribution >= 4 is 29.2 Å². The van der Waals surface area contributed by atoms with E-state index in [1.54, 1.807) is 7.11 Å². The van der Waals surface area contributed by atoms with Gasteiger partial charge in [-0.25, -0.2) is 0 Å². The molecule has 5 nitrogen and oxygen atoms in total. The van der Waals surface area contributed by atoms with Crippen molar-refractivity contribution in [2.45, 2.75) is 45.7 Å². The van der Waals surface area contributed by atoms with Gasteiger partial charge in [0.1, 0.15) is 5.75 Å². The zero-order chi connectivity index (χ0) is 20.0. The Morgan fingerprint density at radius 1 is 0.889 bits per heavy atom. The minimum absolute atomic E-state index is 0.245. The predicted molar refractivity (Wildman–Crippen MR) is 114 cm³/mol. The predicted octanol–water partition coefficient (Wildman–Crippen LogP) is 6.61. The summed E-state index contributed by atoms with van der Waals surface area (Å²) in [5, 5.41) is 3.33. The van der Waals surface area contributed by atoms with Crippen LogP contribution in [0.15, 0.2) is 53.0 Å². The molecule has 148 valence electrons. The van der Waals surface area contributed by atoms with Gasteiger partial charge in [0.25, 0.3) is 0 Å². The van der Waals surface area contributed by atoms with Crippen LogP contribution in [0.5, 0.6) is 5.75 Å². The molecule has 0 saturated carbocycles. The van der Waals surface area contributed by atoms with Crippen LogP contribution >= 0.6 is 23.5 Å². The molecule has 27 heavy (non-hydrogen) atoms. The normalized spacial score (nSPS) is 13.0. The molecule has 0 saturated heterocycles. The van der Waals surface area contributed by atoms with Crippen molar-refractivity contribution in [3.05, 3.63) is 58.6 Å². The monoisotopic (exact) mass is 455 g/mol. The van der Waals surface area contributed by atoms with Gasteiger partial charge in [0, 0.05) is 10.2 Å². The van der Waals surface area contributed by atoms with E-state index in [1.165, 1.54) is 0 Å². The van der Waals surface area contributed by atoms with E-state index in [9.17, 15) is 4.57 Å². The maximum absolute atomic E-state index is 13.8. The fourth-order valence-corrected chi connectivity index (χ4v) is 5.15. The summed E-state index contributed by atoms with van der Waals surface area (Å²) in [4.78, 5) is 0. The molecule has 2 aromatic rings. The van der Waals surface area contributed by atoms with Crippen LogP contribution in [-0.4, -0.2) is 19.3 Å². The summed E-state index contributed by atoms with van der Waals surface area (Å²) in [5.74, 6) is 0.101. The number of nitrogens with one attached hydrogen (secondary N) is 1. The van der Waals surface area contributed by atoms with E-state index < -0.39 is 13.4 Å². The minimum Gasteiger partial charge on any atom is -0.497 e. The Bertz CT molecular complexity index is 749. The van der Waals surface area contributed by atoms with Crippen molar-refractivity contribution in [2.75, 3.05) is 12.4 Å². The molecule has 2 aromatic carbocycles. The highest BCUT2D eigenvalue weighted by Gasteiger charge is 2.39. The van der Waals surface area contributed by atoms with E-state index in [-0.39, 0.29) is 12.2 Å². The van der Waals surface area contributed by atoms with Crippen molar-refractivity contribution < 1.29 is 18.3 Å². The summed E-state index contributed by atoms with van der Waals surface area (Å²) in [6.07, 6.45) is -0.490. The SMILES string of the molecule is COc1ccc(NC(c2ccc(Br)cc2)P(=O)(OC(C)C)OC(C)C)cc1. The van der Waals surface area contributed by atoms with Gasteiger partial charge in [-0.05, 0) is 69.7 Å². The van der Waals surface area contributed by atoms with E-state index in [4.69, 9.17) is 13.8 Å². The number of benzene rings is 2. The fourth-order valence-electron chi connectivity index (χ4n) is 2.57. The van der Waals surface area contributed by atoms with Crippen molar-refractivity contribution in [1.29, 1.82) is 0 Å². The first kappa shape index (κ1) is 22.0. The largest absolute Gasteiger partial charge is 0.497 e. The molecule has 0 amide bonds. The quantitative estimate of drug-likeness (QED) is 0.431. The minimum atomic E-state index is -3.52. The summed E-state index contributed by atoms with van der Waals surface area (Å²) < 4.78 is 31.6. The first-order valence-corrected chi connectivity index (χ1v) is 11.3. The van der Waals surface area contributed by atoms with Crippen LogP contribution in [0.3, 0.4) is 0 Å². The van der Waals surface area contributed by atoms with Crippen LogP contribution in [0, 0.1) is 0 Å². The summed E-state index contributed by atoms with van der Waals surface area (Å²) in [6, 6.07) is 15.1. The lowest BCUT2D eigenvalue weighted by atomic mass is 10.2. The lowest BCUT2D eigenvalue weighted by Crippen LogP contribution is -2.19. The standard InChI is InChI=1S/C20H27BrNO4P/c1-14(2)25-27(23,26-15(3)4)20(16-6-8-17(21)9-7-16)22-18-10-12-19(24-5)13-11-18/h6-15,20,22H,1-5H3. The molecule has 0 aliphatic heterocycles. The summed E-state index contributed by atoms with van der Waals surface area (Å²) in [6.45, 7) is 7.40. The van der Waals surface area contributed by atoms with Crippen LogP contribution in [-0.2, 0) is 13.6 Å². The van der Waals surface area contributed by atoms with Crippen LogP contribution in [0.1, 0.15) is 39.0 Å². The van der Waals surface area contributed by atoms with Crippen molar-refractivity contribution in [2.24, 2.45) is 0 Å². The Hall–Kier alpha value is -1.33. The van der Waals surface area contributed by atoms with Crippen LogP contribution < -0.4 is 10.1 Å². The summed E-state index contributed by atoms with van der Waals surface area (Å²) in [7, 11) is -1.90. The smallest absolute Gasteiger partial charge is 0.357 e. The third-order valence-corrected chi connectivity index (χ3v) is 6.63. The highest BCUT2D eigenvalue weighted by atomic mass is 79.9. The molecule has 1 unspecified atom stereocenters. The van der Waals surface area contributed by atoms with Gasteiger partial charge in [0.15, 0.2) is 5.78 Å². The number of methoxy groups -OCH3 is 1. The number of rotatable bonds is 9. The maximum atomic E-state index is 13.8. The second-order valence-electron chi connectivity index (χ2n) is 6.68. The molecule has 0 fully saturated rings. The topological polar surface area (TPSA) is 56.8 Å². The van der Waals surface area contributed by atoms with Crippen LogP contribution in [0.25, 0.3) is 0 Å². The molecule has 0 radical (unpaired) electrons. The van der Waals surface area contributed by atoms with Crippen LogP contribution in [0.4, 0.5) is 5.69 Å². The first-order chi connectivity index (χ1) is 12.7. The number of hydrogen-bond donors (Lipinski definition) is 1. The van der Waals surface area contributed by atoms with E-state index in [0.29, 0.717) is 0 Å². The average Bonchev–Trinajstić information content (AvgIpc) is 2.59. The number of ether oxygens (including phenoxy) is 1. The van der Waals surface area contributed by atoms with E-state index >= 15 is 0 Å². The van der Waals surface area contributed by atoms with Crippen molar-refractivity contribution in [3.63, 3.8) is 0 Å². The van der Waals surface area contributed by atoms with Crippen molar-refractivity contribution in [3.8, 4) is 5.75 Å². The number of anilines is 1. The molecule has 2 rings (SSSR count). The zero-order valence-electron chi connectivity index (χ0n) is 16.3. The van der Waals surface area contributed by atoms with Gasteiger partial charge in [0.05, 0.1) is 19.3 Å². The van der Waals surface area contributed by atoms with Gasteiger partial charge in [0.2, 0.25) is 0 Å². The zero-order valence-corrected chi connectivity index (χ0v) is 18.8. The van der Waals surface area contributed by atoms with Gasteiger partial charge >= 0.3 is 7.60 Å². The van der Waals surface area contributed by atoms with Gasteiger partial charge < -0.3 is 19.1 Å². The van der Waals surface area contributed by atoms with Gasteiger partial charge in [-0.3, -0.25) is 4.57 Å². The van der Waals surface area contributed by atoms with E-state index in [2.05, 4.69) is 21.2 Å². The number of halogens is 1. The highest BCUT2D eigenvalue weighted by molar-refractivity contribution is 9.10. The number of hydrogen-bond acceptors (Lipinski definition) is 5. The molecule has 0 aliphatic carbocycles. The van der Waals surface area contributed by atoms with Crippen molar-refractivity contribution in [1.82, 2.24) is 0 Å². The Morgan fingerprint density at radius 2 is 1.41 bits per heavy atom. The molecule has 0 heterocycles. The lowest BCUT2D eigenvalue weighted by Gasteiger charge is -2.31. The second-order valence-corrected chi connectivity index (χ2v) is 9.61. The Balaban J connectivity index is 2.45. The third-order valence-electron chi connectivity index (χ3n) is 3.61. The summed E-state index contributed by atoms with van der Waals surface area (Å²) >= 11 is 3.44. The Kier molecular flexibility index (Phi) is 7.92. The fraction of sp³-hybridized carbons (Fsp3) is 0.400. The molecular weight excluding hydrogens is 429 g/mol. The summed E-state index contributed by atoms with van der Waals surface area (Å²) in [5.41, 5.74) is 1.61. The maximum Gasteiger partial charge on any atom is 0.357 e. The molecule has 0 spiro atoms. The molecular formula is C20H27BrNO4P. The van der Waals surface area contributed by atoms with Gasteiger partial charge in [-0.1, -0.05) is 28.1 Å². The van der Waals surface area contributed by atoms with E-state index in [0.717, 1.165) is 21.5 Å². The average molecular weight is 456 g/mol. The van der Waals surface area contributed by atoms with Gasteiger partial charge in [-0.15, -0.1) is 0 Å².